The van der Waals surface area contributed by atoms with E-state index in [0.29, 0.717) is 4.47 Å². The maximum Gasteiger partial charge on any atom is 0.246 e. The SMILES string of the molecule is CC(C)N(Cc1ccccc1)S(=O)(=O)c1ccc(Br)cc1F. The predicted octanol–water partition coefficient (Wildman–Crippen LogP) is 4.19. The Labute approximate surface area is 139 Å². The Morgan fingerprint density at radius 2 is 1.77 bits per heavy atom. The zero-order valence-corrected chi connectivity index (χ0v) is 14.7. The van der Waals surface area contributed by atoms with E-state index in [1.54, 1.807) is 13.8 Å². The Morgan fingerprint density at radius 1 is 1.14 bits per heavy atom. The van der Waals surface area contributed by atoms with Crippen LogP contribution >= 0.6 is 15.9 Å². The van der Waals surface area contributed by atoms with Gasteiger partial charge in [0.2, 0.25) is 10.0 Å². The van der Waals surface area contributed by atoms with Crippen molar-refractivity contribution in [1.29, 1.82) is 0 Å². The maximum absolute atomic E-state index is 14.1. The summed E-state index contributed by atoms with van der Waals surface area (Å²) in [6.07, 6.45) is 0. The normalized spacial score (nSPS) is 12.1. The van der Waals surface area contributed by atoms with Crippen molar-refractivity contribution in [3.63, 3.8) is 0 Å². The van der Waals surface area contributed by atoms with Crippen molar-refractivity contribution < 1.29 is 12.8 Å². The zero-order chi connectivity index (χ0) is 16.3. The van der Waals surface area contributed by atoms with Crippen LogP contribution in [0.1, 0.15) is 19.4 Å². The molecule has 2 rings (SSSR count). The van der Waals surface area contributed by atoms with Crippen molar-refractivity contribution in [3.8, 4) is 0 Å². The molecule has 0 radical (unpaired) electrons. The molecular weight excluding hydrogens is 369 g/mol. The summed E-state index contributed by atoms with van der Waals surface area (Å²) in [6.45, 7) is 3.75. The monoisotopic (exact) mass is 385 g/mol. The first-order valence-electron chi connectivity index (χ1n) is 6.83. The summed E-state index contributed by atoms with van der Waals surface area (Å²) < 4.78 is 41.4. The zero-order valence-electron chi connectivity index (χ0n) is 12.3. The van der Waals surface area contributed by atoms with Gasteiger partial charge in [0.25, 0.3) is 0 Å². The molecule has 0 amide bonds. The molecule has 3 nitrogen and oxygen atoms in total. The molecule has 0 heterocycles. The van der Waals surface area contributed by atoms with E-state index in [4.69, 9.17) is 0 Å². The Hall–Kier alpha value is -1.24. The number of hydrogen-bond donors (Lipinski definition) is 0. The van der Waals surface area contributed by atoms with E-state index in [2.05, 4.69) is 15.9 Å². The van der Waals surface area contributed by atoms with Gasteiger partial charge in [0, 0.05) is 17.1 Å². The van der Waals surface area contributed by atoms with E-state index in [-0.39, 0.29) is 17.5 Å². The smallest absolute Gasteiger partial charge is 0.207 e. The highest BCUT2D eigenvalue weighted by atomic mass is 79.9. The van der Waals surface area contributed by atoms with Crippen molar-refractivity contribution in [3.05, 3.63) is 64.4 Å². The third-order valence-corrected chi connectivity index (χ3v) is 5.79. The number of hydrogen-bond acceptors (Lipinski definition) is 2. The average molecular weight is 386 g/mol. The van der Waals surface area contributed by atoms with Crippen molar-refractivity contribution in [2.75, 3.05) is 0 Å². The summed E-state index contributed by atoms with van der Waals surface area (Å²) >= 11 is 3.13. The quantitative estimate of drug-likeness (QED) is 0.773. The van der Waals surface area contributed by atoms with Crippen molar-refractivity contribution in [2.45, 2.75) is 31.3 Å². The number of benzene rings is 2. The molecule has 0 aliphatic carbocycles. The second kappa shape index (κ2) is 6.89. The molecule has 2 aromatic rings. The fourth-order valence-electron chi connectivity index (χ4n) is 2.12. The Morgan fingerprint density at radius 3 is 2.32 bits per heavy atom. The predicted molar refractivity (Wildman–Crippen MR) is 88.4 cm³/mol. The lowest BCUT2D eigenvalue weighted by molar-refractivity contribution is 0.346. The molecule has 0 fully saturated rings. The summed E-state index contributed by atoms with van der Waals surface area (Å²) in [5, 5.41) is 0. The van der Waals surface area contributed by atoms with Gasteiger partial charge in [-0.05, 0) is 37.6 Å². The number of halogens is 2. The summed E-state index contributed by atoms with van der Waals surface area (Å²) in [4.78, 5) is -0.305. The lowest BCUT2D eigenvalue weighted by atomic mass is 10.2. The van der Waals surface area contributed by atoms with Gasteiger partial charge in [0.1, 0.15) is 10.7 Å². The van der Waals surface area contributed by atoms with Crippen LogP contribution in [0.3, 0.4) is 0 Å². The first kappa shape index (κ1) is 17.1. The molecule has 2 aromatic carbocycles. The van der Waals surface area contributed by atoms with Gasteiger partial charge in [0.05, 0.1) is 0 Å². The minimum Gasteiger partial charge on any atom is -0.207 e. The van der Waals surface area contributed by atoms with Gasteiger partial charge in [0.15, 0.2) is 0 Å². The van der Waals surface area contributed by atoms with Crippen molar-refractivity contribution >= 4 is 26.0 Å². The summed E-state index contributed by atoms with van der Waals surface area (Å²) in [5.74, 6) is -0.756. The number of sulfonamides is 1. The van der Waals surface area contributed by atoms with Gasteiger partial charge >= 0.3 is 0 Å². The van der Waals surface area contributed by atoms with E-state index >= 15 is 0 Å². The lowest BCUT2D eigenvalue weighted by Gasteiger charge is -2.26. The molecule has 0 N–H and O–H groups in total. The molecule has 6 heteroatoms. The summed E-state index contributed by atoms with van der Waals surface area (Å²) in [6, 6.07) is 13.0. The molecule has 118 valence electrons. The number of nitrogens with zero attached hydrogens (tertiary/aromatic N) is 1. The van der Waals surface area contributed by atoms with Gasteiger partial charge in [-0.25, -0.2) is 12.8 Å². The van der Waals surface area contributed by atoms with Crippen LogP contribution in [0, 0.1) is 5.82 Å². The third-order valence-electron chi connectivity index (χ3n) is 3.24. The molecule has 0 saturated heterocycles. The summed E-state index contributed by atoms with van der Waals surface area (Å²) in [7, 11) is -3.91. The minimum atomic E-state index is -3.91. The minimum absolute atomic E-state index is 0.205. The molecule has 22 heavy (non-hydrogen) atoms. The van der Waals surface area contributed by atoms with E-state index in [9.17, 15) is 12.8 Å². The van der Waals surface area contributed by atoms with Crippen molar-refractivity contribution in [2.24, 2.45) is 0 Å². The number of rotatable bonds is 5. The van der Waals surface area contributed by atoms with Crippen LogP contribution in [0.5, 0.6) is 0 Å². The van der Waals surface area contributed by atoms with Crippen LogP contribution in [0.25, 0.3) is 0 Å². The van der Waals surface area contributed by atoms with Gasteiger partial charge in [-0.1, -0.05) is 46.3 Å². The molecule has 0 bridgehead atoms. The maximum atomic E-state index is 14.1. The first-order chi connectivity index (χ1) is 10.3. The second-order valence-corrected chi connectivity index (χ2v) is 7.98. The Kier molecular flexibility index (Phi) is 5.36. The summed E-state index contributed by atoms with van der Waals surface area (Å²) in [5.41, 5.74) is 0.859. The molecule has 0 spiro atoms. The van der Waals surface area contributed by atoms with Gasteiger partial charge in [-0.2, -0.15) is 4.31 Å². The standard InChI is InChI=1S/C16H17BrFNO2S/c1-12(2)19(11-13-6-4-3-5-7-13)22(20,21)16-9-8-14(17)10-15(16)18/h3-10,12H,11H2,1-2H3. The van der Waals surface area contributed by atoms with Crippen LogP contribution in [0.2, 0.25) is 0 Å². The van der Waals surface area contributed by atoms with E-state index < -0.39 is 15.8 Å². The highest BCUT2D eigenvalue weighted by Crippen LogP contribution is 2.25. The van der Waals surface area contributed by atoms with Gasteiger partial charge in [-0.3, -0.25) is 0 Å². The second-order valence-electron chi connectivity index (χ2n) is 5.20. The Balaban J connectivity index is 2.42. The van der Waals surface area contributed by atoms with E-state index in [1.165, 1.54) is 16.4 Å². The van der Waals surface area contributed by atoms with Gasteiger partial charge < -0.3 is 0 Å². The van der Waals surface area contributed by atoms with Crippen LogP contribution in [-0.2, 0) is 16.6 Å². The highest BCUT2D eigenvalue weighted by Gasteiger charge is 2.29. The van der Waals surface area contributed by atoms with E-state index in [0.717, 1.165) is 11.6 Å². The third kappa shape index (κ3) is 3.74. The van der Waals surface area contributed by atoms with Crippen molar-refractivity contribution in [1.82, 2.24) is 4.31 Å². The highest BCUT2D eigenvalue weighted by molar-refractivity contribution is 9.10. The first-order valence-corrected chi connectivity index (χ1v) is 9.06. The largest absolute Gasteiger partial charge is 0.246 e. The van der Waals surface area contributed by atoms with Crippen LogP contribution in [0.4, 0.5) is 4.39 Å². The molecule has 0 aliphatic heterocycles. The molecule has 0 aromatic heterocycles. The molecular formula is C16H17BrFNO2S. The Bertz CT molecular complexity index is 748. The average Bonchev–Trinajstić information content (AvgIpc) is 2.45. The van der Waals surface area contributed by atoms with E-state index in [1.807, 2.05) is 30.3 Å². The fourth-order valence-corrected chi connectivity index (χ4v) is 4.12. The lowest BCUT2D eigenvalue weighted by Crippen LogP contribution is -2.36. The molecule has 0 atom stereocenters. The fraction of sp³-hybridized carbons (Fsp3) is 0.250. The molecule has 0 unspecified atom stereocenters. The topological polar surface area (TPSA) is 37.4 Å². The van der Waals surface area contributed by atoms with Crippen LogP contribution in [0.15, 0.2) is 57.9 Å². The van der Waals surface area contributed by atoms with Crippen LogP contribution < -0.4 is 0 Å². The molecule has 0 saturated carbocycles. The van der Waals surface area contributed by atoms with Gasteiger partial charge in [-0.15, -0.1) is 0 Å². The molecule has 0 aliphatic rings. The van der Waals surface area contributed by atoms with Crippen LogP contribution in [-0.4, -0.2) is 18.8 Å².